The van der Waals surface area contributed by atoms with Crippen molar-refractivity contribution in [3.63, 3.8) is 0 Å². The van der Waals surface area contributed by atoms with Crippen LogP contribution in [0.25, 0.3) is 0 Å². The van der Waals surface area contributed by atoms with Gasteiger partial charge >= 0.3 is 5.97 Å². The van der Waals surface area contributed by atoms with E-state index < -0.39 is 17.8 Å². The molecule has 4 saturated carbocycles. The van der Waals surface area contributed by atoms with E-state index in [0.717, 1.165) is 77.0 Å². The fourth-order valence-electron chi connectivity index (χ4n) is 7.09. The number of hydroxylamine groups is 1. The quantitative estimate of drug-likeness (QED) is 0.148. The standard InChI is InChI=1S/C29H50N2O8/c32-28(26-7-3-4-8-27(26)29(33)34)30-22-9-13-24(14-10-22)36-19-37-25-15-11-23(12-16-25)31-38-17-20-5-1-2-6-21(20)18-39-35/h20-27,31,35H,1-19H2,(H,30,32)(H,33,34). The molecule has 4 unspecified atom stereocenters. The second kappa shape index (κ2) is 16.2. The summed E-state index contributed by atoms with van der Waals surface area (Å²) in [5.41, 5.74) is 3.26. The van der Waals surface area contributed by atoms with Gasteiger partial charge in [-0.15, -0.1) is 0 Å². The fourth-order valence-corrected chi connectivity index (χ4v) is 7.09. The molecule has 0 spiro atoms. The van der Waals surface area contributed by atoms with Crippen LogP contribution in [-0.2, 0) is 28.8 Å². The molecule has 39 heavy (non-hydrogen) atoms. The van der Waals surface area contributed by atoms with Crippen LogP contribution in [0.4, 0.5) is 0 Å². The Morgan fingerprint density at radius 2 is 1.21 bits per heavy atom. The van der Waals surface area contributed by atoms with Crippen molar-refractivity contribution in [3.8, 4) is 0 Å². The first kappa shape index (κ1) is 30.7. The van der Waals surface area contributed by atoms with Gasteiger partial charge in [-0.05, 0) is 88.9 Å². The monoisotopic (exact) mass is 554 g/mol. The summed E-state index contributed by atoms with van der Waals surface area (Å²) in [5, 5.41) is 21.4. The van der Waals surface area contributed by atoms with Gasteiger partial charge in [-0.3, -0.25) is 14.8 Å². The molecule has 0 aromatic heterocycles. The highest BCUT2D eigenvalue weighted by Gasteiger charge is 2.37. The molecular formula is C29H50N2O8. The van der Waals surface area contributed by atoms with Gasteiger partial charge in [-0.1, -0.05) is 25.7 Å². The van der Waals surface area contributed by atoms with E-state index in [1.165, 1.54) is 12.8 Å². The number of carbonyl (C=O) groups excluding carboxylic acids is 1. The number of amides is 1. The lowest BCUT2D eigenvalue weighted by atomic mass is 9.78. The van der Waals surface area contributed by atoms with Crippen LogP contribution in [-0.4, -0.2) is 66.5 Å². The second-order valence-corrected chi connectivity index (χ2v) is 12.3. The lowest BCUT2D eigenvalue weighted by molar-refractivity contribution is -0.256. The molecule has 4 rings (SSSR count). The zero-order chi connectivity index (χ0) is 27.5. The third-order valence-corrected chi connectivity index (χ3v) is 9.62. The van der Waals surface area contributed by atoms with Gasteiger partial charge in [0.2, 0.25) is 5.91 Å². The average molecular weight is 555 g/mol. The van der Waals surface area contributed by atoms with Gasteiger partial charge in [0.15, 0.2) is 0 Å². The predicted octanol–water partition coefficient (Wildman–Crippen LogP) is 4.42. The SMILES string of the molecule is O=C(O)C1CCCCC1C(=O)NC1CCC(OCOC2CCC(NOCC3CCCCC3COO)CC2)CC1. The Balaban J connectivity index is 1.03. The van der Waals surface area contributed by atoms with Crippen LogP contribution in [0.15, 0.2) is 0 Å². The Morgan fingerprint density at radius 3 is 1.79 bits per heavy atom. The number of carbonyl (C=O) groups is 2. The number of nitrogens with one attached hydrogen (secondary N) is 2. The molecule has 4 aliphatic carbocycles. The number of aliphatic carboxylic acids is 1. The molecule has 1 amide bonds. The Hall–Kier alpha value is -1.30. The average Bonchev–Trinajstić information content (AvgIpc) is 2.96. The van der Waals surface area contributed by atoms with Gasteiger partial charge in [0, 0.05) is 12.1 Å². The molecule has 0 saturated heterocycles. The summed E-state index contributed by atoms with van der Waals surface area (Å²) in [4.78, 5) is 34.6. The van der Waals surface area contributed by atoms with Gasteiger partial charge in [-0.25, -0.2) is 4.89 Å². The van der Waals surface area contributed by atoms with E-state index >= 15 is 0 Å². The molecule has 10 heteroatoms. The summed E-state index contributed by atoms with van der Waals surface area (Å²) in [5.74, 6) is -1.06. The zero-order valence-electron chi connectivity index (χ0n) is 23.4. The minimum absolute atomic E-state index is 0.0835. The van der Waals surface area contributed by atoms with Gasteiger partial charge in [-0.2, -0.15) is 5.48 Å². The van der Waals surface area contributed by atoms with Crippen molar-refractivity contribution in [1.29, 1.82) is 0 Å². The molecule has 0 radical (unpaired) electrons. The van der Waals surface area contributed by atoms with E-state index in [1.807, 2.05) is 0 Å². The predicted molar refractivity (Wildman–Crippen MR) is 143 cm³/mol. The zero-order valence-corrected chi connectivity index (χ0v) is 23.4. The highest BCUT2D eigenvalue weighted by molar-refractivity contribution is 5.85. The minimum Gasteiger partial charge on any atom is -0.481 e. The third kappa shape index (κ3) is 9.64. The smallest absolute Gasteiger partial charge is 0.307 e. The molecule has 0 aromatic rings. The van der Waals surface area contributed by atoms with Crippen molar-refractivity contribution in [3.05, 3.63) is 0 Å². The fraction of sp³-hybridized carbons (Fsp3) is 0.931. The first-order chi connectivity index (χ1) is 19.0. The summed E-state index contributed by atoms with van der Waals surface area (Å²) in [6.07, 6.45) is 15.5. The molecule has 4 aliphatic rings. The molecule has 4 N–H and O–H groups in total. The normalized spacial score (nSPS) is 35.8. The summed E-state index contributed by atoms with van der Waals surface area (Å²) in [7, 11) is 0. The highest BCUT2D eigenvalue weighted by atomic mass is 17.1. The van der Waals surface area contributed by atoms with Crippen molar-refractivity contribution in [1.82, 2.24) is 10.8 Å². The lowest BCUT2D eigenvalue weighted by Crippen LogP contribution is -2.45. The van der Waals surface area contributed by atoms with E-state index in [0.29, 0.717) is 50.7 Å². The van der Waals surface area contributed by atoms with Crippen molar-refractivity contribution in [2.45, 2.75) is 127 Å². The van der Waals surface area contributed by atoms with Crippen LogP contribution < -0.4 is 10.8 Å². The van der Waals surface area contributed by atoms with Crippen LogP contribution in [0, 0.1) is 23.7 Å². The van der Waals surface area contributed by atoms with Crippen LogP contribution in [0.5, 0.6) is 0 Å². The molecule has 4 atom stereocenters. The number of hydrogen-bond donors (Lipinski definition) is 4. The number of ether oxygens (including phenoxy) is 2. The summed E-state index contributed by atoms with van der Waals surface area (Å²) >= 11 is 0. The first-order valence-electron chi connectivity index (χ1n) is 15.4. The molecule has 0 bridgehead atoms. The maximum absolute atomic E-state index is 12.7. The van der Waals surface area contributed by atoms with Crippen LogP contribution >= 0.6 is 0 Å². The second-order valence-electron chi connectivity index (χ2n) is 12.3. The minimum atomic E-state index is -0.844. The number of hydrogen-bond acceptors (Lipinski definition) is 8. The number of rotatable bonds is 13. The number of carboxylic acids is 1. The Kier molecular flexibility index (Phi) is 12.7. The van der Waals surface area contributed by atoms with Gasteiger partial charge in [0.25, 0.3) is 0 Å². The van der Waals surface area contributed by atoms with E-state index in [4.69, 9.17) is 19.6 Å². The highest BCUT2D eigenvalue weighted by Crippen LogP contribution is 2.32. The maximum Gasteiger partial charge on any atom is 0.307 e. The topological polar surface area (TPSA) is 136 Å². The van der Waals surface area contributed by atoms with Crippen LogP contribution in [0.1, 0.15) is 103 Å². The molecule has 0 aromatic carbocycles. The first-order valence-corrected chi connectivity index (χ1v) is 15.4. The number of carboxylic acid groups (broad SMARTS) is 1. The van der Waals surface area contributed by atoms with E-state index in [-0.39, 0.29) is 24.2 Å². The molecule has 10 nitrogen and oxygen atoms in total. The largest absolute Gasteiger partial charge is 0.481 e. The molecule has 0 heterocycles. The van der Waals surface area contributed by atoms with Crippen molar-refractivity contribution in [2.24, 2.45) is 23.7 Å². The molecule has 4 fully saturated rings. The Bertz CT molecular complexity index is 737. The Morgan fingerprint density at radius 1 is 0.667 bits per heavy atom. The molecular weight excluding hydrogens is 504 g/mol. The van der Waals surface area contributed by atoms with Gasteiger partial charge in [0.1, 0.15) is 6.79 Å². The lowest BCUT2D eigenvalue weighted by Gasteiger charge is -2.33. The maximum atomic E-state index is 12.7. The summed E-state index contributed by atoms with van der Waals surface area (Å²) in [6, 6.07) is 0.443. The van der Waals surface area contributed by atoms with E-state index in [2.05, 4.69) is 15.7 Å². The van der Waals surface area contributed by atoms with Crippen LogP contribution in [0.2, 0.25) is 0 Å². The van der Waals surface area contributed by atoms with Crippen molar-refractivity contribution >= 4 is 11.9 Å². The van der Waals surface area contributed by atoms with E-state index in [9.17, 15) is 14.7 Å². The van der Waals surface area contributed by atoms with Gasteiger partial charge in [0.05, 0.1) is 37.3 Å². The van der Waals surface area contributed by atoms with Crippen molar-refractivity contribution < 1.29 is 39.2 Å². The molecule has 224 valence electrons. The van der Waals surface area contributed by atoms with Crippen LogP contribution in [0.3, 0.4) is 0 Å². The van der Waals surface area contributed by atoms with Gasteiger partial charge < -0.3 is 24.7 Å². The summed E-state index contributed by atoms with van der Waals surface area (Å²) < 4.78 is 12.0. The third-order valence-electron chi connectivity index (χ3n) is 9.62. The Labute approximate surface area is 232 Å². The molecule has 0 aliphatic heterocycles. The summed E-state index contributed by atoms with van der Waals surface area (Å²) in [6.45, 7) is 1.36. The van der Waals surface area contributed by atoms with Crippen molar-refractivity contribution in [2.75, 3.05) is 20.0 Å². The van der Waals surface area contributed by atoms with E-state index in [1.54, 1.807) is 0 Å².